The average molecular weight is 565 g/mol. The number of halogens is 7. The first kappa shape index (κ1) is 29.2. The SMILES string of the molecule is CCCCCOc1cc(F)c(-c2ccc3c(F)c(CCc4ccc(OCC(F)(F)F)c(F)c4)ccc3c2)c(F)c1. The molecule has 0 atom stereocenters. The van der Waals surface area contributed by atoms with Gasteiger partial charge in [-0.3, -0.25) is 0 Å². The quantitative estimate of drug-likeness (QED) is 0.134. The molecule has 2 nitrogen and oxygen atoms in total. The van der Waals surface area contributed by atoms with Gasteiger partial charge in [-0.05, 0) is 59.5 Å². The molecule has 0 fully saturated rings. The highest BCUT2D eigenvalue weighted by Gasteiger charge is 2.29. The zero-order chi connectivity index (χ0) is 28.9. The number of unbranched alkanes of at least 4 members (excludes halogenated alkanes) is 2. The van der Waals surface area contributed by atoms with Crippen LogP contribution < -0.4 is 9.47 Å². The first-order valence-electron chi connectivity index (χ1n) is 12.9. The van der Waals surface area contributed by atoms with Crippen LogP contribution in [0.5, 0.6) is 11.5 Å². The maximum absolute atomic E-state index is 15.3. The summed E-state index contributed by atoms with van der Waals surface area (Å²) >= 11 is 0. The lowest BCUT2D eigenvalue weighted by atomic mass is 9.96. The number of aryl methyl sites for hydroxylation is 2. The second-order valence-electron chi connectivity index (χ2n) is 9.46. The predicted molar refractivity (Wildman–Crippen MR) is 140 cm³/mol. The molecule has 4 aromatic carbocycles. The van der Waals surface area contributed by atoms with Crippen molar-refractivity contribution in [3.63, 3.8) is 0 Å². The van der Waals surface area contributed by atoms with Crippen molar-refractivity contribution in [3.05, 3.63) is 95.1 Å². The summed E-state index contributed by atoms with van der Waals surface area (Å²) in [5.74, 6) is -3.45. The number of hydrogen-bond acceptors (Lipinski definition) is 2. The minimum absolute atomic E-state index is 0.106. The molecule has 0 radical (unpaired) electrons. The summed E-state index contributed by atoms with van der Waals surface area (Å²) in [6.07, 6.45) is -1.45. The summed E-state index contributed by atoms with van der Waals surface area (Å²) in [4.78, 5) is 0. The standard InChI is InChI=1S/C31H27F7O2/c1-2-3-4-13-39-23-16-26(33)29(27(34)17-23)22-10-11-24-21(15-22)9-8-20(30(24)35)7-5-19-6-12-28(25(32)14-19)40-18-31(36,37)38/h6,8-12,14-17H,2-5,7,13,18H2,1H3. The van der Waals surface area contributed by atoms with Crippen LogP contribution in [0.3, 0.4) is 0 Å². The molecular weight excluding hydrogens is 537 g/mol. The molecule has 0 unspecified atom stereocenters. The number of benzene rings is 4. The van der Waals surface area contributed by atoms with Crippen molar-refractivity contribution in [1.29, 1.82) is 0 Å². The van der Waals surface area contributed by atoms with Gasteiger partial charge in [0.25, 0.3) is 0 Å². The summed E-state index contributed by atoms with van der Waals surface area (Å²) in [6, 6.07) is 13.4. The van der Waals surface area contributed by atoms with Gasteiger partial charge in [-0.1, -0.05) is 50.1 Å². The van der Waals surface area contributed by atoms with Crippen molar-refractivity contribution in [2.45, 2.75) is 45.2 Å². The van der Waals surface area contributed by atoms with Gasteiger partial charge in [0.2, 0.25) is 0 Å². The van der Waals surface area contributed by atoms with Crippen LogP contribution in [0.1, 0.15) is 37.3 Å². The van der Waals surface area contributed by atoms with Crippen molar-refractivity contribution in [2.75, 3.05) is 13.2 Å². The maximum atomic E-state index is 15.3. The van der Waals surface area contributed by atoms with E-state index in [0.717, 1.165) is 43.5 Å². The highest BCUT2D eigenvalue weighted by Crippen LogP contribution is 2.33. The van der Waals surface area contributed by atoms with E-state index in [0.29, 0.717) is 23.1 Å². The van der Waals surface area contributed by atoms with Crippen molar-refractivity contribution in [2.24, 2.45) is 0 Å². The van der Waals surface area contributed by atoms with Gasteiger partial charge < -0.3 is 9.47 Å². The number of fused-ring (bicyclic) bond motifs is 1. The van der Waals surface area contributed by atoms with Gasteiger partial charge in [0.05, 0.1) is 12.2 Å². The molecule has 0 saturated carbocycles. The third kappa shape index (κ3) is 7.25. The molecule has 9 heteroatoms. The fraction of sp³-hybridized carbons (Fsp3) is 0.290. The molecule has 4 rings (SSSR count). The Morgan fingerprint density at radius 2 is 1.48 bits per heavy atom. The van der Waals surface area contributed by atoms with Gasteiger partial charge in [0, 0.05) is 17.5 Å². The van der Waals surface area contributed by atoms with E-state index in [1.54, 1.807) is 12.1 Å². The highest BCUT2D eigenvalue weighted by atomic mass is 19.4. The van der Waals surface area contributed by atoms with E-state index in [2.05, 4.69) is 4.74 Å². The van der Waals surface area contributed by atoms with Gasteiger partial charge in [0.15, 0.2) is 18.2 Å². The van der Waals surface area contributed by atoms with Crippen LogP contribution in [0.25, 0.3) is 21.9 Å². The fourth-order valence-corrected chi connectivity index (χ4v) is 4.39. The number of alkyl halides is 3. The molecule has 4 aromatic rings. The van der Waals surface area contributed by atoms with Gasteiger partial charge in [-0.25, -0.2) is 17.6 Å². The molecule has 0 N–H and O–H groups in total. The van der Waals surface area contributed by atoms with Crippen LogP contribution in [0.2, 0.25) is 0 Å². The Labute approximate surface area is 227 Å². The van der Waals surface area contributed by atoms with Gasteiger partial charge in [0.1, 0.15) is 23.2 Å². The minimum Gasteiger partial charge on any atom is -0.493 e. The molecule has 0 aliphatic rings. The van der Waals surface area contributed by atoms with Crippen LogP contribution in [-0.2, 0) is 12.8 Å². The second kappa shape index (κ2) is 12.6. The Morgan fingerprint density at radius 3 is 2.15 bits per heavy atom. The Kier molecular flexibility index (Phi) is 9.22. The Bertz CT molecular complexity index is 1460. The Hall–Kier alpha value is -3.75. The molecule has 0 aliphatic carbocycles. The third-order valence-corrected chi connectivity index (χ3v) is 6.43. The monoisotopic (exact) mass is 564 g/mol. The van der Waals surface area contributed by atoms with Gasteiger partial charge in [-0.15, -0.1) is 0 Å². The van der Waals surface area contributed by atoms with E-state index in [4.69, 9.17) is 4.74 Å². The zero-order valence-electron chi connectivity index (χ0n) is 21.7. The van der Waals surface area contributed by atoms with Crippen molar-refractivity contribution in [1.82, 2.24) is 0 Å². The van der Waals surface area contributed by atoms with E-state index in [1.807, 2.05) is 6.92 Å². The van der Waals surface area contributed by atoms with E-state index < -0.39 is 41.8 Å². The lowest BCUT2D eigenvalue weighted by molar-refractivity contribution is -0.153. The van der Waals surface area contributed by atoms with E-state index >= 15 is 4.39 Å². The van der Waals surface area contributed by atoms with Gasteiger partial charge >= 0.3 is 6.18 Å². The molecule has 0 spiro atoms. The van der Waals surface area contributed by atoms with E-state index in [-0.39, 0.29) is 35.1 Å². The highest BCUT2D eigenvalue weighted by molar-refractivity contribution is 5.88. The molecule has 0 heterocycles. The summed E-state index contributed by atoms with van der Waals surface area (Å²) in [5, 5.41) is 0.690. The van der Waals surface area contributed by atoms with Crippen LogP contribution in [0, 0.1) is 23.3 Å². The molecule has 0 saturated heterocycles. The summed E-state index contributed by atoms with van der Waals surface area (Å²) in [5.41, 5.74) is 0.794. The number of ether oxygens (including phenoxy) is 2. The Balaban J connectivity index is 1.48. The average Bonchev–Trinajstić information content (AvgIpc) is 2.89. The fourth-order valence-electron chi connectivity index (χ4n) is 4.39. The topological polar surface area (TPSA) is 18.5 Å². The maximum Gasteiger partial charge on any atom is 0.422 e. The summed E-state index contributed by atoms with van der Waals surface area (Å²) in [7, 11) is 0. The minimum atomic E-state index is -4.59. The molecule has 0 bridgehead atoms. The molecule has 40 heavy (non-hydrogen) atoms. The molecule has 0 aliphatic heterocycles. The lowest BCUT2D eigenvalue weighted by Gasteiger charge is -2.12. The normalized spacial score (nSPS) is 11.7. The first-order valence-corrected chi connectivity index (χ1v) is 12.9. The molecular formula is C31H27F7O2. The van der Waals surface area contributed by atoms with Crippen LogP contribution in [-0.4, -0.2) is 19.4 Å². The van der Waals surface area contributed by atoms with Crippen LogP contribution in [0.15, 0.2) is 60.7 Å². The molecule has 0 aromatic heterocycles. The van der Waals surface area contributed by atoms with Gasteiger partial charge in [-0.2, -0.15) is 13.2 Å². The number of hydrogen-bond donors (Lipinski definition) is 0. The predicted octanol–water partition coefficient (Wildman–Crippen LogP) is 9.36. The van der Waals surface area contributed by atoms with Crippen molar-refractivity contribution < 1.29 is 40.2 Å². The summed E-state index contributed by atoms with van der Waals surface area (Å²) < 4.78 is 106. The zero-order valence-corrected chi connectivity index (χ0v) is 21.7. The van der Waals surface area contributed by atoms with Crippen molar-refractivity contribution >= 4 is 10.8 Å². The Morgan fingerprint density at radius 1 is 0.725 bits per heavy atom. The van der Waals surface area contributed by atoms with E-state index in [9.17, 15) is 26.3 Å². The smallest absolute Gasteiger partial charge is 0.422 e. The van der Waals surface area contributed by atoms with Crippen molar-refractivity contribution in [3.8, 4) is 22.6 Å². The summed E-state index contributed by atoms with van der Waals surface area (Å²) in [6.45, 7) is 0.796. The second-order valence-corrected chi connectivity index (χ2v) is 9.46. The third-order valence-electron chi connectivity index (χ3n) is 6.43. The largest absolute Gasteiger partial charge is 0.493 e. The first-order chi connectivity index (χ1) is 19.1. The van der Waals surface area contributed by atoms with Crippen LogP contribution >= 0.6 is 0 Å². The lowest BCUT2D eigenvalue weighted by Crippen LogP contribution is -2.19. The van der Waals surface area contributed by atoms with Crippen LogP contribution in [0.4, 0.5) is 30.7 Å². The van der Waals surface area contributed by atoms with E-state index in [1.165, 1.54) is 24.3 Å². The molecule has 212 valence electrons. The number of rotatable bonds is 11. The molecule has 0 amide bonds.